The third kappa shape index (κ3) is 1.61. The van der Waals surface area contributed by atoms with E-state index in [-0.39, 0.29) is 5.91 Å². The Bertz CT molecular complexity index is 294. The molecule has 0 radical (unpaired) electrons. The van der Waals surface area contributed by atoms with Crippen molar-refractivity contribution < 1.29 is 4.79 Å². The van der Waals surface area contributed by atoms with Gasteiger partial charge in [0.1, 0.15) is 0 Å². The normalized spacial score (nSPS) is 22.2. The maximum absolute atomic E-state index is 11.3. The van der Waals surface area contributed by atoms with E-state index < -0.39 is 0 Å². The molecule has 0 saturated carbocycles. The van der Waals surface area contributed by atoms with Gasteiger partial charge in [-0.15, -0.1) is 0 Å². The molecule has 0 bridgehead atoms. The minimum Gasteiger partial charge on any atom is -0.336 e. The summed E-state index contributed by atoms with van der Waals surface area (Å²) in [5.74, 6) is 0.203. The molecular formula is C10H13NOS. The summed E-state index contributed by atoms with van der Waals surface area (Å²) in [5, 5.41) is 4.22. The van der Waals surface area contributed by atoms with Crippen LogP contribution in [-0.2, 0) is 4.79 Å². The zero-order valence-corrected chi connectivity index (χ0v) is 8.51. The highest BCUT2D eigenvalue weighted by Gasteiger charge is 2.27. The minimum atomic E-state index is 0.203. The lowest BCUT2D eigenvalue weighted by atomic mass is 10.1. The van der Waals surface area contributed by atoms with E-state index in [9.17, 15) is 4.79 Å². The summed E-state index contributed by atoms with van der Waals surface area (Å²) in [6.07, 6.45) is 2.26. The molecule has 1 aliphatic heterocycles. The third-order valence-electron chi connectivity index (χ3n) is 2.59. The fraction of sp³-hybridized carbons (Fsp3) is 0.500. The second-order valence-electron chi connectivity index (χ2n) is 3.43. The predicted molar refractivity (Wildman–Crippen MR) is 53.7 cm³/mol. The molecule has 0 aromatic carbocycles. The van der Waals surface area contributed by atoms with Gasteiger partial charge in [-0.05, 0) is 35.2 Å². The quantitative estimate of drug-likeness (QED) is 0.674. The molecular weight excluding hydrogens is 182 g/mol. The van der Waals surface area contributed by atoms with Crippen molar-refractivity contribution in [2.75, 3.05) is 6.54 Å². The fourth-order valence-corrected chi connectivity index (χ4v) is 2.66. The molecule has 1 aromatic heterocycles. The van der Waals surface area contributed by atoms with Gasteiger partial charge < -0.3 is 4.90 Å². The van der Waals surface area contributed by atoms with E-state index in [2.05, 4.69) is 16.8 Å². The molecule has 2 nitrogen and oxygen atoms in total. The molecule has 70 valence electrons. The van der Waals surface area contributed by atoms with Crippen LogP contribution in [0.4, 0.5) is 0 Å². The first-order valence-corrected chi connectivity index (χ1v) is 5.52. The number of amides is 1. The highest BCUT2D eigenvalue weighted by molar-refractivity contribution is 7.07. The molecule has 1 saturated heterocycles. The van der Waals surface area contributed by atoms with E-state index in [1.807, 2.05) is 4.90 Å². The molecule has 13 heavy (non-hydrogen) atoms. The van der Waals surface area contributed by atoms with Crippen LogP contribution in [0.25, 0.3) is 0 Å². The van der Waals surface area contributed by atoms with Gasteiger partial charge in [-0.3, -0.25) is 4.79 Å². The van der Waals surface area contributed by atoms with Gasteiger partial charge in [0, 0.05) is 13.5 Å². The van der Waals surface area contributed by atoms with Crippen molar-refractivity contribution >= 4 is 17.2 Å². The molecule has 2 rings (SSSR count). The monoisotopic (exact) mass is 195 g/mol. The fourth-order valence-electron chi connectivity index (χ4n) is 1.95. The predicted octanol–water partition coefficient (Wildman–Crippen LogP) is 2.43. The van der Waals surface area contributed by atoms with Gasteiger partial charge in [-0.1, -0.05) is 0 Å². The van der Waals surface area contributed by atoms with Crippen molar-refractivity contribution in [3.63, 3.8) is 0 Å². The van der Waals surface area contributed by atoms with Crippen LogP contribution >= 0.6 is 11.3 Å². The van der Waals surface area contributed by atoms with Crippen molar-refractivity contribution in [3.05, 3.63) is 22.4 Å². The average Bonchev–Trinajstić information content (AvgIpc) is 2.74. The molecule has 1 aliphatic rings. The maximum atomic E-state index is 11.3. The van der Waals surface area contributed by atoms with Gasteiger partial charge in [0.25, 0.3) is 0 Å². The first-order valence-electron chi connectivity index (χ1n) is 4.58. The summed E-state index contributed by atoms with van der Waals surface area (Å²) in [6, 6.07) is 2.47. The molecule has 1 atom stereocenters. The lowest BCUT2D eigenvalue weighted by molar-refractivity contribution is -0.129. The summed E-state index contributed by atoms with van der Waals surface area (Å²) in [5.41, 5.74) is 1.30. The number of hydrogen-bond donors (Lipinski definition) is 0. The lowest BCUT2D eigenvalue weighted by Crippen LogP contribution is -2.27. The minimum absolute atomic E-state index is 0.203. The lowest BCUT2D eigenvalue weighted by Gasteiger charge is -2.22. The number of rotatable bonds is 1. The van der Waals surface area contributed by atoms with Crippen molar-refractivity contribution in [2.24, 2.45) is 0 Å². The molecule has 3 heteroatoms. The van der Waals surface area contributed by atoms with E-state index in [0.717, 1.165) is 19.4 Å². The molecule has 1 unspecified atom stereocenters. The van der Waals surface area contributed by atoms with Gasteiger partial charge in [0.2, 0.25) is 5.91 Å². The zero-order chi connectivity index (χ0) is 9.26. The molecule has 0 aliphatic carbocycles. The number of nitrogens with zero attached hydrogens (tertiary/aromatic N) is 1. The topological polar surface area (TPSA) is 20.3 Å². The van der Waals surface area contributed by atoms with Crippen molar-refractivity contribution in [1.29, 1.82) is 0 Å². The van der Waals surface area contributed by atoms with Crippen LogP contribution in [0.3, 0.4) is 0 Å². The summed E-state index contributed by atoms with van der Waals surface area (Å²) < 4.78 is 0. The van der Waals surface area contributed by atoms with Gasteiger partial charge >= 0.3 is 0 Å². The van der Waals surface area contributed by atoms with Crippen molar-refractivity contribution in [2.45, 2.75) is 25.8 Å². The summed E-state index contributed by atoms with van der Waals surface area (Å²) in [4.78, 5) is 13.3. The second kappa shape index (κ2) is 3.50. The first kappa shape index (κ1) is 8.75. The molecule has 0 spiro atoms. The Hall–Kier alpha value is -0.830. The molecule has 2 heterocycles. The Kier molecular flexibility index (Phi) is 2.36. The van der Waals surface area contributed by atoms with Crippen LogP contribution in [0, 0.1) is 0 Å². The van der Waals surface area contributed by atoms with E-state index in [4.69, 9.17) is 0 Å². The zero-order valence-electron chi connectivity index (χ0n) is 7.69. The summed E-state index contributed by atoms with van der Waals surface area (Å²) in [6.45, 7) is 2.58. The Morgan fingerprint density at radius 1 is 1.69 bits per heavy atom. The van der Waals surface area contributed by atoms with Crippen LogP contribution < -0.4 is 0 Å². The van der Waals surface area contributed by atoms with E-state index in [1.54, 1.807) is 18.3 Å². The van der Waals surface area contributed by atoms with Crippen molar-refractivity contribution in [3.8, 4) is 0 Å². The average molecular weight is 195 g/mol. The summed E-state index contributed by atoms with van der Waals surface area (Å²) >= 11 is 1.70. The number of carbonyl (C=O) groups is 1. The van der Waals surface area contributed by atoms with Gasteiger partial charge in [-0.2, -0.15) is 11.3 Å². The molecule has 1 aromatic rings. The number of likely N-dealkylation sites (tertiary alicyclic amines) is 1. The van der Waals surface area contributed by atoms with Gasteiger partial charge in [0.05, 0.1) is 6.04 Å². The molecule has 0 N–H and O–H groups in total. The Morgan fingerprint density at radius 2 is 2.54 bits per heavy atom. The molecule has 1 fully saturated rings. The second-order valence-corrected chi connectivity index (χ2v) is 4.21. The van der Waals surface area contributed by atoms with Crippen molar-refractivity contribution in [1.82, 2.24) is 4.90 Å². The van der Waals surface area contributed by atoms with Crippen LogP contribution in [0.1, 0.15) is 31.4 Å². The standard InChI is InChI=1S/C10H13NOS/c1-8(12)11-5-2-3-10(11)9-4-6-13-7-9/h4,6-7,10H,2-3,5H2,1H3. The van der Waals surface area contributed by atoms with Gasteiger partial charge in [-0.25, -0.2) is 0 Å². The van der Waals surface area contributed by atoms with E-state index in [1.165, 1.54) is 5.56 Å². The van der Waals surface area contributed by atoms with Crippen LogP contribution in [0.2, 0.25) is 0 Å². The van der Waals surface area contributed by atoms with Crippen LogP contribution in [0.15, 0.2) is 16.8 Å². The smallest absolute Gasteiger partial charge is 0.219 e. The van der Waals surface area contributed by atoms with Gasteiger partial charge in [0.15, 0.2) is 0 Å². The highest BCUT2D eigenvalue weighted by Crippen LogP contribution is 2.32. The van der Waals surface area contributed by atoms with Crippen LogP contribution in [-0.4, -0.2) is 17.4 Å². The molecule has 1 amide bonds. The summed E-state index contributed by atoms with van der Waals surface area (Å²) in [7, 11) is 0. The van der Waals surface area contributed by atoms with Crippen LogP contribution in [0.5, 0.6) is 0 Å². The maximum Gasteiger partial charge on any atom is 0.219 e. The number of carbonyl (C=O) groups excluding carboxylic acids is 1. The highest BCUT2D eigenvalue weighted by atomic mass is 32.1. The Morgan fingerprint density at radius 3 is 3.15 bits per heavy atom. The Balaban J connectivity index is 2.19. The number of thiophene rings is 1. The largest absolute Gasteiger partial charge is 0.336 e. The first-order chi connectivity index (χ1) is 6.29. The Labute approximate surface area is 82.2 Å². The van der Waals surface area contributed by atoms with E-state index in [0.29, 0.717) is 6.04 Å². The third-order valence-corrected chi connectivity index (χ3v) is 3.29. The SMILES string of the molecule is CC(=O)N1CCCC1c1ccsc1. The van der Waals surface area contributed by atoms with E-state index >= 15 is 0 Å². The number of hydrogen-bond acceptors (Lipinski definition) is 2.